The van der Waals surface area contributed by atoms with Crippen molar-refractivity contribution in [2.45, 2.75) is 18.9 Å². The summed E-state index contributed by atoms with van der Waals surface area (Å²) in [5, 5.41) is 13.4. The zero-order valence-corrected chi connectivity index (χ0v) is 19.4. The van der Waals surface area contributed by atoms with Crippen molar-refractivity contribution >= 4 is 46.7 Å². The molecule has 0 saturated carbocycles. The quantitative estimate of drug-likeness (QED) is 0.409. The first kappa shape index (κ1) is 23.2. The Bertz CT molecular complexity index is 1210. The van der Waals surface area contributed by atoms with Crippen molar-refractivity contribution in [3.8, 4) is 17.2 Å². The molecule has 1 aliphatic heterocycles. The maximum Gasteiger partial charge on any atom is 0.311 e. The second-order valence-electron chi connectivity index (χ2n) is 7.41. The monoisotopic (exact) mass is 505 g/mol. The first-order valence-electron chi connectivity index (χ1n) is 10.0. The number of rotatable bonds is 6. The number of carbonyl (C=O) groups is 2. The molecule has 0 radical (unpaired) electrons. The van der Waals surface area contributed by atoms with Gasteiger partial charge >= 0.3 is 5.97 Å². The Morgan fingerprint density at radius 3 is 2.45 bits per heavy atom. The molecule has 170 valence electrons. The van der Waals surface area contributed by atoms with E-state index in [1.807, 2.05) is 0 Å². The van der Waals surface area contributed by atoms with Crippen molar-refractivity contribution in [2.24, 2.45) is 0 Å². The van der Waals surface area contributed by atoms with E-state index in [0.29, 0.717) is 58.0 Å². The summed E-state index contributed by atoms with van der Waals surface area (Å²) in [6, 6.07) is 14.9. The topological polar surface area (TPSA) is 84.9 Å². The lowest BCUT2D eigenvalue weighted by Crippen LogP contribution is -2.22. The SMILES string of the molecule is O=C(NCc1ccc(Cl)c(Cl)c1)c1ccc(Oc2cc3c(cc2Cl)C(C(=O)O)CCO3)cc1. The van der Waals surface area contributed by atoms with Gasteiger partial charge in [-0.3, -0.25) is 9.59 Å². The van der Waals surface area contributed by atoms with Gasteiger partial charge in [0.25, 0.3) is 5.91 Å². The second kappa shape index (κ2) is 9.91. The van der Waals surface area contributed by atoms with Crippen LogP contribution in [-0.4, -0.2) is 23.6 Å². The van der Waals surface area contributed by atoms with Gasteiger partial charge in [0.1, 0.15) is 17.2 Å². The van der Waals surface area contributed by atoms with E-state index in [9.17, 15) is 14.7 Å². The Labute approximate surface area is 205 Å². The molecule has 3 aromatic carbocycles. The molecule has 0 aliphatic carbocycles. The van der Waals surface area contributed by atoms with E-state index in [1.165, 1.54) is 0 Å². The van der Waals surface area contributed by atoms with Crippen LogP contribution in [0, 0.1) is 0 Å². The number of fused-ring (bicyclic) bond motifs is 1. The predicted molar refractivity (Wildman–Crippen MR) is 126 cm³/mol. The van der Waals surface area contributed by atoms with Crippen LogP contribution in [-0.2, 0) is 11.3 Å². The summed E-state index contributed by atoms with van der Waals surface area (Å²) in [5.41, 5.74) is 1.80. The van der Waals surface area contributed by atoms with Gasteiger partial charge in [0, 0.05) is 23.7 Å². The zero-order chi connectivity index (χ0) is 23.5. The third kappa shape index (κ3) is 5.36. The van der Waals surface area contributed by atoms with E-state index >= 15 is 0 Å². The first-order chi connectivity index (χ1) is 15.8. The van der Waals surface area contributed by atoms with Crippen LogP contribution in [0.5, 0.6) is 17.2 Å². The van der Waals surface area contributed by atoms with Gasteiger partial charge in [0.2, 0.25) is 0 Å². The Kier molecular flexibility index (Phi) is 6.98. The summed E-state index contributed by atoms with van der Waals surface area (Å²) in [5.74, 6) is -0.611. The van der Waals surface area contributed by atoms with Crippen LogP contribution in [0.2, 0.25) is 15.1 Å². The van der Waals surface area contributed by atoms with Crippen molar-refractivity contribution in [3.05, 3.63) is 86.4 Å². The fraction of sp³-hybridized carbons (Fsp3) is 0.167. The van der Waals surface area contributed by atoms with Gasteiger partial charge in [-0.1, -0.05) is 40.9 Å². The van der Waals surface area contributed by atoms with Gasteiger partial charge in [0.05, 0.1) is 27.6 Å². The lowest BCUT2D eigenvalue weighted by molar-refractivity contribution is -0.139. The van der Waals surface area contributed by atoms with Crippen molar-refractivity contribution in [1.29, 1.82) is 0 Å². The van der Waals surface area contributed by atoms with E-state index in [1.54, 1.807) is 54.6 Å². The van der Waals surface area contributed by atoms with Gasteiger partial charge < -0.3 is 19.9 Å². The minimum Gasteiger partial charge on any atom is -0.493 e. The van der Waals surface area contributed by atoms with E-state index in [-0.39, 0.29) is 10.9 Å². The molecule has 9 heteroatoms. The van der Waals surface area contributed by atoms with Crippen LogP contribution in [0.1, 0.15) is 33.8 Å². The first-order valence-corrected chi connectivity index (χ1v) is 11.1. The molecule has 0 bridgehead atoms. The molecular formula is C24H18Cl3NO5. The highest BCUT2D eigenvalue weighted by Crippen LogP contribution is 2.41. The van der Waals surface area contributed by atoms with E-state index < -0.39 is 11.9 Å². The number of benzene rings is 3. The number of halogens is 3. The van der Waals surface area contributed by atoms with Gasteiger partial charge in [0.15, 0.2) is 0 Å². The van der Waals surface area contributed by atoms with Crippen LogP contribution in [0.4, 0.5) is 0 Å². The fourth-order valence-electron chi connectivity index (χ4n) is 3.46. The standard InChI is InChI=1S/C24H18Cl3NO5/c25-18-6-1-13(9-19(18)26)12-28-23(29)14-2-4-15(5-3-14)33-22-11-21-17(10-20(22)27)16(24(30)31)7-8-32-21/h1-6,9-11,16H,7-8,12H2,(H,28,29)(H,30,31). The number of carbonyl (C=O) groups excluding carboxylic acids is 1. The number of hydrogen-bond acceptors (Lipinski definition) is 4. The minimum absolute atomic E-state index is 0.257. The molecule has 3 aromatic rings. The molecule has 2 N–H and O–H groups in total. The minimum atomic E-state index is -0.919. The van der Waals surface area contributed by atoms with Gasteiger partial charge in [-0.2, -0.15) is 0 Å². The van der Waals surface area contributed by atoms with Gasteiger partial charge in [-0.15, -0.1) is 0 Å². The summed E-state index contributed by atoms with van der Waals surface area (Å²) >= 11 is 18.2. The number of amides is 1. The highest BCUT2D eigenvalue weighted by atomic mass is 35.5. The van der Waals surface area contributed by atoms with Crippen LogP contribution in [0.3, 0.4) is 0 Å². The van der Waals surface area contributed by atoms with Gasteiger partial charge in [-0.05, 0) is 54.4 Å². The molecular weight excluding hydrogens is 489 g/mol. The molecule has 0 aromatic heterocycles. The van der Waals surface area contributed by atoms with E-state index in [2.05, 4.69) is 5.32 Å². The van der Waals surface area contributed by atoms with Crippen molar-refractivity contribution < 1.29 is 24.2 Å². The van der Waals surface area contributed by atoms with Crippen molar-refractivity contribution in [3.63, 3.8) is 0 Å². The summed E-state index contributed by atoms with van der Waals surface area (Å²) in [6.07, 6.45) is 0.382. The highest BCUT2D eigenvalue weighted by molar-refractivity contribution is 6.42. The summed E-state index contributed by atoms with van der Waals surface area (Å²) in [6.45, 7) is 0.604. The molecule has 6 nitrogen and oxygen atoms in total. The van der Waals surface area contributed by atoms with Crippen LogP contribution < -0.4 is 14.8 Å². The maximum atomic E-state index is 12.4. The highest BCUT2D eigenvalue weighted by Gasteiger charge is 2.29. The number of ether oxygens (including phenoxy) is 2. The largest absolute Gasteiger partial charge is 0.493 e. The Balaban J connectivity index is 1.43. The third-order valence-electron chi connectivity index (χ3n) is 5.18. The molecule has 33 heavy (non-hydrogen) atoms. The zero-order valence-electron chi connectivity index (χ0n) is 17.1. The van der Waals surface area contributed by atoms with E-state index in [4.69, 9.17) is 44.3 Å². The number of nitrogens with one attached hydrogen (secondary N) is 1. The smallest absolute Gasteiger partial charge is 0.311 e. The summed E-state index contributed by atoms with van der Waals surface area (Å²) < 4.78 is 11.4. The molecule has 1 aliphatic rings. The molecule has 4 rings (SSSR count). The fourth-order valence-corrected chi connectivity index (χ4v) is 3.99. The molecule has 1 atom stereocenters. The Morgan fingerprint density at radius 1 is 1.00 bits per heavy atom. The van der Waals surface area contributed by atoms with Crippen LogP contribution in [0.15, 0.2) is 54.6 Å². The second-order valence-corrected chi connectivity index (χ2v) is 8.63. The van der Waals surface area contributed by atoms with Crippen molar-refractivity contribution in [1.82, 2.24) is 5.32 Å². The van der Waals surface area contributed by atoms with Crippen LogP contribution in [0.25, 0.3) is 0 Å². The molecule has 1 unspecified atom stereocenters. The number of aliphatic carboxylic acids is 1. The summed E-state index contributed by atoms with van der Waals surface area (Å²) in [7, 11) is 0. The van der Waals surface area contributed by atoms with Crippen LogP contribution >= 0.6 is 34.8 Å². The third-order valence-corrected chi connectivity index (χ3v) is 6.22. The lowest BCUT2D eigenvalue weighted by atomic mass is 9.93. The average Bonchev–Trinajstić information content (AvgIpc) is 2.80. The van der Waals surface area contributed by atoms with Crippen molar-refractivity contribution in [2.75, 3.05) is 6.61 Å². The Morgan fingerprint density at radius 2 is 1.76 bits per heavy atom. The molecule has 0 spiro atoms. The average molecular weight is 507 g/mol. The number of carboxylic acids is 1. The molecule has 0 fully saturated rings. The maximum absolute atomic E-state index is 12.4. The normalized spacial score (nSPS) is 14.7. The number of carboxylic acid groups (broad SMARTS) is 1. The summed E-state index contributed by atoms with van der Waals surface area (Å²) in [4.78, 5) is 23.9. The molecule has 0 saturated heterocycles. The molecule has 1 heterocycles. The lowest BCUT2D eigenvalue weighted by Gasteiger charge is -2.24. The Hall–Kier alpha value is -2.93. The number of hydrogen-bond donors (Lipinski definition) is 2. The van der Waals surface area contributed by atoms with E-state index in [0.717, 1.165) is 5.56 Å². The molecule has 1 amide bonds. The van der Waals surface area contributed by atoms with Gasteiger partial charge in [-0.25, -0.2) is 0 Å². The predicted octanol–water partition coefficient (Wildman–Crippen LogP) is 6.32.